The first-order chi connectivity index (χ1) is 31.0. The molecular weight excluding hydrogens is 781 g/mol. The average molecular weight is 883 g/mol. The number of hydrogen-bond acceptors (Lipinski definition) is 6. The molecule has 0 fully saturated rings. The van der Waals surface area contributed by atoms with Gasteiger partial charge < -0.3 is 14.2 Å². The first kappa shape index (κ1) is 60.4. The summed E-state index contributed by atoms with van der Waals surface area (Å²) in [5.74, 6) is -0.869. The van der Waals surface area contributed by atoms with Crippen LogP contribution in [-0.2, 0) is 28.6 Å². The van der Waals surface area contributed by atoms with Crippen molar-refractivity contribution in [1.82, 2.24) is 0 Å². The Balaban J connectivity index is 3.96. The number of unbranched alkanes of at least 4 members (excludes halogenated alkanes) is 30. The number of carbonyl (C=O) groups is 3. The smallest absolute Gasteiger partial charge is 0.306 e. The van der Waals surface area contributed by atoms with Gasteiger partial charge in [-0.2, -0.15) is 0 Å². The van der Waals surface area contributed by atoms with Gasteiger partial charge in [-0.15, -0.1) is 0 Å². The summed E-state index contributed by atoms with van der Waals surface area (Å²) in [4.78, 5) is 37.7. The Bertz CT molecular complexity index is 1110. The molecule has 0 radical (unpaired) electrons. The first-order valence-corrected chi connectivity index (χ1v) is 27.1. The molecule has 0 aliphatic carbocycles. The van der Waals surface area contributed by atoms with E-state index in [4.69, 9.17) is 14.2 Å². The molecule has 0 saturated heterocycles. The lowest BCUT2D eigenvalue weighted by molar-refractivity contribution is -0.167. The van der Waals surface area contributed by atoms with Gasteiger partial charge in [-0.05, 0) is 57.8 Å². The van der Waals surface area contributed by atoms with Crippen LogP contribution in [0.3, 0.4) is 0 Å². The lowest BCUT2D eigenvalue weighted by Gasteiger charge is -2.18. The lowest BCUT2D eigenvalue weighted by atomic mass is 10.0. The van der Waals surface area contributed by atoms with E-state index < -0.39 is 6.10 Å². The molecule has 0 bridgehead atoms. The largest absolute Gasteiger partial charge is 0.462 e. The number of allylic oxidation sites excluding steroid dienone is 8. The molecule has 0 spiro atoms. The molecule has 0 aliphatic rings. The molecule has 0 aromatic carbocycles. The monoisotopic (exact) mass is 883 g/mol. The zero-order chi connectivity index (χ0) is 45.8. The van der Waals surface area contributed by atoms with Crippen molar-refractivity contribution in [3.63, 3.8) is 0 Å². The second-order valence-corrected chi connectivity index (χ2v) is 18.1. The molecular formula is C57H102O6. The zero-order valence-electron chi connectivity index (χ0n) is 41.8. The SMILES string of the molecule is CC/C=C\C/C=C\C/C=C\C/C=C\CCCCCCCCCCCCCCCCCCC(=O)OCC(COC(=O)CCCCCCCCC)OC(=O)CCCCCCCCCCC. The van der Waals surface area contributed by atoms with Crippen LogP contribution in [0.4, 0.5) is 0 Å². The fraction of sp³-hybridized carbons (Fsp3) is 0.807. The van der Waals surface area contributed by atoms with Gasteiger partial charge in [0.05, 0.1) is 0 Å². The topological polar surface area (TPSA) is 78.9 Å². The molecule has 366 valence electrons. The Kier molecular flexibility index (Phi) is 49.8. The van der Waals surface area contributed by atoms with Gasteiger partial charge in [-0.3, -0.25) is 14.4 Å². The summed E-state index contributed by atoms with van der Waals surface area (Å²) in [7, 11) is 0. The number of rotatable bonds is 49. The highest BCUT2D eigenvalue weighted by Crippen LogP contribution is 2.16. The lowest BCUT2D eigenvalue weighted by Crippen LogP contribution is -2.30. The van der Waals surface area contributed by atoms with E-state index in [0.717, 1.165) is 83.5 Å². The molecule has 1 unspecified atom stereocenters. The molecule has 0 saturated carbocycles. The summed E-state index contributed by atoms with van der Waals surface area (Å²) < 4.78 is 16.7. The minimum absolute atomic E-state index is 0.0686. The standard InChI is InChI=1S/C57H102O6/c1-4-7-10-13-16-18-19-20-21-22-23-24-25-26-27-28-29-30-31-32-33-34-35-36-37-39-41-44-47-50-56(59)62-53-54(52-61-55(58)49-46-43-40-15-12-9-6-3)63-57(60)51-48-45-42-38-17-14-11-8-5-2/h7,10,16,18,20-21,23-24,54H,4-6,8-9,11-15,17,19,22,25-53H2,1-3H3/b10-7-,18-16-,21-20-,24-23-. The van der Waals surface area contributed by atoms with Crippen LogP contribution >= 0.6 is 0 Å². The van der Waals surface area contributed by atoms with Crippen LogP contribution in [0.5, 0.6) is 0 Å². The maximum absolute atomic E-state index is 12.7. The molecule has 6 heteroatoms. The molecule has 0 rings (SSSR count). The molecule has 6 nitrogen and oxygen atoms in total. The highest BCUT2D eigenvalue weighted by Gasteiger charge is 2.19. The normalized spacial score (nSPS) is 12.4. The average Bonchev–Trinajstić information content (AvgIpc) is 3.28. The third kappa shape index (κ3) is 50.2. The van der Waals surface area contributed by atoms with Crippen molar-refractivity contribution in [2.24, 2.45) is 0 Å². The third-order valence-electron chi connectivity index (χ3n) is 11.8. The van der Waals surface area contributed by atoms with Gasteiger partial charge >= 0.3 is 17.9 Å². The second-order valence-electron chi connectivity index (χ2n) is 18.1. The van der Waals surface area contributed by atoms with Crippen LogP contribution in [0.2, 0.25) is 0 Å². The van der Waals surface area contributed by atoms with Gasteiger partial charge in [-0.1, -0.05) is 249 Å². The van der Waals surface area contributed by atoms with Crippen molar-refractivity contribution in [3.05, 3.63) is 48.6 Å². The number of carbonyl (C=O) groups excluding carboxylic acids is 3. The van der Waals surface area contributed by atoms with E-state index in [9.17, 15) is 14.4 Å². The number of esters is 3. The molecule has 1 atom stereocenters. The van der Waals surface area contributed by atoms with Gasteiger partial charge in [0.2, 0.25) is 0 Å². The fourth-order valence-electron chi connectivity index (χ4n) is 7.79. The minimum atomic E-state index is -0.763. The van der Waals surface area contributed by atoms with Crippen molar-refractivity contribution >= 4 is 17.9 Å². The van der Waals surface area contributed by atoms with E-state index in [0.29, 0.717) is 19.3 Å². The van der Waals surface area contributed by atoms with Crippen molar-refractivity contribution in [2.45, 2.75) is 284 Å². The Morgan fingerprint density at radius 3 is 0.968 bits per heavy atom. The Morgan fingerprint density at radius 1 is 0.333 bits per heavy atom. The third-order valence-corrected chi connectivity index (χ3v) is 11.8. The minimum Gasteiger partial charge on any atom is -0.462 e. The van der Waals surface area contributed by atoms with Gasteiger partial charge in [-0.25, -0.2) is 0 Å². The zero-order valence-corrected chi connectivity index (χ0v) is 41.8. The van der Waals surface area contributed by atoms with Crippen molar-refractivity contribution in [3.8, 4) is 0 Å². The summed E-state index contributed by atoms with van der Waals surface area (Å²) in [6, 6.07) is 0. The van der Waals surface area contributed by atoms with Gasteiger partial charge in [0, 0.05) is 19.3 Å². The summed E-state index contributed by atoms with van der Waals surface area (Å²) in [6.45, 7) is 6.48. The summed E-state index contributed by atoms with van der Waals surface area (Å²) in [5, 5.41) is 0. The number of hydrogen-bond donors (Lipinski definition) is 0. The highest BCUT2D eigenvalue weighted by molar-refractivity contribution is 5.71. The maximum Gasteiger partial charge on any atom is 0.306 e. The summed E-state index contributed by atoms with van der Waals surface area (Å²) >= 11 is 0. The molecule has 0 amide bonds. The first-order valence-electron chi connectivity index (χ1n) is 27.1. The molecule has 0 heterocycles. The van der Waals surface area contributed by atoms with Gasteiger partial charge in [0.1, 0.15) is 13.2 Å². The van der Waals surface area contributed by atoms with Gasteiger partial charge in [0.15, 0.2) is 6.10 Å². The maximum atomic E-state index is 12.7. The molecule has 0 aromatic rings. The van der Waals surface area contributed by atoms with Crippen molar-refractivity contribution in [2.75, 3.05) is 13.2 Å². The van der Waals surface area contributed by atoms with Crippen LogP contribution in [-0.4, -0.2) is 37.2 Å². The van der Waals surface area contributed by atoms with Crippen LogP contribution in [0, 0.1) is 0 Å². The van der Waals surface area contributed by atoms with Crippen molar-refractivity contribution in [1.29, 1.82) is 0 Å². The molecule has 0 aromatic heterocycles. The Labute approximate surface area is 390 Å². The van der Waals surface area contributed by atoms with E-state index in [1.54, 1.807) is 0 Å². The van der Waals surface area contributed by atoms with Gasteiger partial charge in [0.25, 0.3) is 0 Å². The number of ether oxygens (including phenoxy) is 3. The molecule has 0 aliphatic heterocycles. The van der Waals surface area contributed by atoms with Crippen LogP contribution < -0.4 is 0 Å². The second kappa shape index (κ2) is 52.0. The van der Waals surface area contributed by atoms with E-state index in [1.165, 1.54) is 154 Å². The quantitative estimate of drug-likeness (QED) is 0.0262. The van der Waals surface area contributed by atoms with E-state index in [2.05, 4.69) is 69.4 Å². The highest BCUT2D eigenvalue weighted by atomic mass is 16.6. The predicted octanol–water partition coefficient (Wildman–Crippen LogP) is 17.9. The van der Waals surface area contributed by atoms with E-state index >= 15 is 0 Å². The summed E-state index contributed by atoms with van der Waals surface area (Å²) in [6.07, 6.45) is 62.9. The van der Waals surface area contributed by atoms with E-state index in [1.807, 2.05) is 0 Å². The molecule has 63 heavy (non-hydrogen) atoms. The van der Waals surface area contributed by atoms with Crippen LogP contribution in [0.25, 0.3) is 0 Å². The predicted molar refractivity (Wildman–Crippen MR) is 270 cm³/mol. The van der Waals surface area contributed by atoms with E-state index in [-0.39, 0.29) is 31.1 Å². The molecule has 0 N–H and O–H groups in total. The Hall–Kier alpha value is -2.63. The van der Waals surface area contributed by atoms with Crippen LogP contribution in [0.15, 0.2) is 48.6 Å². The van der Waals surface area contributed by atoms with Crippen molar-refractivity contribution < 1.29 is 28.6 Å². The fourth-order valence-corrected chi connectivity index (χ4v) is 7.79. The Morgan fingerprint density at radius 2 is 0.619 bits per heavy atom. The summed E-state index contributed by atoms with van der Waals surface area (Å²) in [5.41, 5.74) is 0. The van der Waals surface area contributed by atoms with Crippen LogP contribution in [0.1, 0.15) is 278 Å².